The predicted octanol–water partition coefficient (Wildman–Crippen LogP) is 1.74. The minimum absolute atomic E-state index is 0.440. The Bertz CT molecular complexity index is 473. The van der Waals surface area contributed by atoms with Crippen LogP contribution in [-0.2, 0) is 4.79 Å². The molecule has 0 heterocycles. The molecule has 116 valence electrons. The van der Waals surface area contributed by atoms with E-state index in [0.29, 0.717) is 18.7 Å². The third kappa shape index (κ3) is 5.43. The van der Waals surface area contributed by atoms with Crippen LogP contribution in [0.15, 0.2) is 24.3 Å². The molecule has 1 aromatic rings. The van der Waals surface area contributed by atoms with Crippen LogP contribution in [0.2, 0.25) is 0 Å². The minimum atomic E-state index is -0.797. The highest BCUT2D eigenvalue weighted by atomic mass is 16.5. The molecule has 3 amide bonds. The average Bonchev–Trinajstić information content (AvgIpc) is 2.47. The van der Waals surface area contributed by atoms with Crippen molar-refractivity contribution < 1.29 is 19.4 Å². The van der Waals surface area contributed by atoms with Crippen LogP contribution >= 0.6 is 0 Å². The molecule has 2 unspecified atom stereocenters. The molecule has 0 aliphatic rings. The topological polar surface area (TPSA) is 87.7 Å². The summed E-state index contributed by atoms with van der Waals surface area (Å²) in [6.07, 6.45) is -0.669. The van der Waals surface area contributed by atoms with Gasteiger partial charge in [0.2, 0.25) is 0 Å². The van der Waals surface area contributed by atoms with Crippen LogP contribution in [0, 0.1) is 0 Å². The molecular weight excluding hydrogens is 272 g/mol. The largest absolute Gasteiger partial charge is 0.481 e. The van der Waals surface area contributed by atoms with Crippen LogP contribution in [-0.4, -0.2) is 29.7 Å². The van der Waals surface area contributed by atoms with Gasteiger partial charge in [0.15, 0.2) is 6.10 Å². The predicted molar refractivity (Wildman–Crippen MR) is 79.0 cm³/mol. The maximum absolute atomic E-state index is 11.7. The van der Waals surface area contributed by atoms with Crippen LogP contribution in [0.3, 0.4) is 0 Å². The molecule has 6 nitrogen and oxygen atoms in total. The van der Waals surface area contributed by atoms with Crippen molar-refractivity contribution in [1.82, 2.24) is 10.6 Å². The van der Waals surface area contributed by atoms with Crippen molar-refractivity contribution in [2.75, 3.05) is 6.54 Å². The second-order valence-corrected chi connectivity index (χ2v) is 4.60. The first-order valence-electron chi connectivity index (χ1n) is 7.01. The molecule has 0 saturated heterocycles. The fraction of sp³-hybridized carbons (Fsp3) is 0.467. The Balaban J connectivity index is 2.56. The van der Waals surface area contributed by atoms with Gasteiger partial charge in [-0.15, -0.1) is 0 Å². The summed E-state index contributed by atoms with van der Waals surface area (Å²) in [6.45, 7) is 5.65. The Morgan fingerprint density at radius 2 is 1.86 bits per heavy atom. The van der Waals surface area contributed by atoms with E-state index >= 15 is 0 Å². The lowest BCUT2D eigenvalue weighted by molar-refractivity contribution is -0.126. The van der Waals surface area contributed by atoms with E-state index in [0.717, 1.165) is 5.56 Å². The van der Waals surface area contributed by atoms with Crippen molar-refractivity contribution in [1.29, 1.82) is 0 Å². The number of benzene rings is 1. The Morgan fingerprint density at radius 3 is 2.38 bits per heavy atom. The Kier molecular flexibility index (Phi) is 6.68. The van der Waals surface area contributed by atoms with Crippen LogP contribution in [0.1, 0.15) is 38.9 Å². The van der Waals surface area contributed by atoms with Gasteiger partial charge in [0.25, 0.3) is 5.91 Å². The van der Waals surface area contributed by atoms with Crippen molar-refractivity contribution in [3.8, 4) is 5.75 Å². The second kappa shape index (κ2) is 8.26. The third-order valence-electron chi connectivity index (χ3n) is 2.91. The summed E-state index contributed by atoms with van der Waals surface area (Å²) in [5.74, 6) is -0.0146. The molecule has 0 saturated carbocycles. The van der Waals surface area contributed by atoms with Crippen molar-refractivity contribution >= 4 is 11.9 Å². The minimum Gasteiger partial charge on any atom is -0.481 e. The average molecular weight is 294 g/mol. The molecule has 0 fully saturated rings. The van der Waals surface area contributed by atoms with Crippen LogP contribution in [0.4, 0.5) is 4.79 Å². The number of nitrogens with one attached hydrogen (secondary N) is 2. The van der Waals surface area contributed by atoms with Gasteiger partial charge in [0.1, 0.15) is 5.75 Å². The lowest BCUT2D eigenvalue weighted by Crippen LogP contribution is -2.45. The maximum atomic E-state index is 11.7. The van der Waals surface area contributed by atoms with Crippen LogP contribution in [0.5, 0.6) is 5.75 Å². The molecule has 0 spiro atoms. The van der Waals surface area contributed by atoms with Gasteiger partial charge in [-0.2, -0.15) is 0 Å². The normalized spacial score (nSPS) is 13.1. The third-order valence-corrected chi connectivity index (χ3v) is 2.91. The van der Waals surface area contributed by atoms with E-state index in [2.05, 4.69) is 10.6 Å². The molecule has 0 bridgehead atoms. The summed E-state index contributed by atoms with van der Waals surface area (Å²) >= 11 is 0. The quantitative estimate of drug-likeness (QED) is 0.746. The summed E-state index contributed by atoms with van der Waals surface area (Å²) < 4.78 is 5.45. The van der Waals surface area contributed by atoms with Crippen molar-refractivity contribution in [2.24, 2.45) is 0 Å². The zero-order chi connectivity index (χ0) is 15.8. The van der Waals surface area contributed by atoms with Gasteiger partial charge >= 0.3 is 6.03 Å². The van der Waals surface area contributed by atoms with Gasteiger partial charge in [-0.1, -0.05) is 19.1 Å². The molecule has 21 heavy (non-hydrogen) atoms. The fourth-order valence-electron chi connectivity index (χ4n) is 1.68. The molecule has 0 aliphatic heterocycles. The second-order valence-electron chi connectivity index (χ2n) is 4.60. The monoisotopic (exact) mass is 294 g/mol. The number of aliphatic hydroxyl groups excluding tert-OH is 1. The number of amides is 3. The highest BCUT2D eigenvalue weighted by Crippen LogP contribution is 2.20. The maximum Gasteiger partial charge on any atom is 0.321 e. The van der Waals surface area contributed by atoms with Crippen LogP contribution in [0.25, 0.3) is 0 Å². The molecular formula is C15H22N2O4. The van der Waals surface area contributed by atoms with E-state index in [9.17, 15) is 14.7 Å². The number of urea groups is 1. The van der Waals surface area contributed by atoms with E-state index in [4.69, 9.17) is 4.74 Å². The molecule has 0 radical (unpaired) electrons. The van der Waals surface area contributed by atoms with Gasteiger partial charge in [0.05, 0.1) is 6.10 Å². The van der Waals surface area contributed by atoms with Gasteiger partial charge in [-0.3, -0.25) is 10.1 Å². The lowest BCUT2D eigenvalue weighted by Gasteiger charge is -2.15. The van der Waals surface area contributed by atoms with Gasteiger partial charge in [-0.25, -0.2) is 4.79 Å². The number of hydrogen-bond acceptors (Lipinski definition) is 4. The zero-order valence-corrected chi connectivity index (χ0v) is 12.6. The summed E-state index contributed by atoms with van der Waals surface area (Å²) in [6, 6.07) is 6.32. The zero-order valence-electron chi connectivity index (χ0n) is 12.6. The number of imide groups is 1. The highest BCUT2D eigenvalue weighted by Gasteiger charge is 2.17. The van der Waals surface area contributed by atoms with Gasteiger partial charge in [0, 0.05) is 6.54 Å². The molecule has 6 heteroatoms. The summed E-state index contributed by atoms with van der Waals surface area (Å²) in [5.41, 5.74) is 0.796. The summed E-state index contributed by atoms with van der Waals surface area (Å²) in [4.78, 5) is 23.0. The Morgan fingerprint density at radius 1 is 1.24 bits per heavy atom. The van der Waals surface area contributed by atoms with E-state index < -0.39 is 24.1 Å². The number of carbonyl (C=O) groups excluding carboxylic acids is 2. The SMILES string of the molecule is CCNC(=O)NC(=O)C(C)Oc1ccc(C(O)CC)cc1. The first kappa shape index (κ1) is 17.0. The van der Waals surface area contributed by atoms with Crippen molar-refractivity contribution in [3.05, 3.63) is 29.8 Å². The molecule has 1 aromatic carbocycles. The summed E-state index contributed by atoms with van der Waals surface area (Å²) in [7, 11) is 0. The smallest absolute Gasteiger partial charge is 0.321 e. The highest BCUT2D eigenvalue weighted by molar-refractivity contribution is 5.96. The molecule has 1 rings (SSSR count). The standard InChI is InChI=1S/C15H22N2O4/c1-4-13(18)11-6-8-12(9-7-11)21-10(3)14(19)17-15(20)16-5-2/h6-10,13,18H,4-5H2,1-3H3,(H2,16,17,19,20). The first-order chi connectivity index (χ1) is 9.97. The van der Waals surface area contributed by atoms with Gasteiger partial charge in [-0.05, 0) is 38.0 Å². The molecule has 0 aromatic heterocycles. The van der Waals surface area contributed by atoms with Crippen molar-refractivity contribution in [3.63, 3.8) is 0 Å². The number of ether oxygens (including phenoxy) is 1. The van der Waals surface area contributed by atoms with E-state index in [1.54, 1.807) is 38.1 Å². The molecule has 3 N–H and O–H groups in total. The number of carbonyl (C=O) groups is 2. The summed E-state index contributed by atoms with van der Waals surface area (Å²) in [5, 5.41) is 14.3. The van der Waals surface area contributed by atoms with Crippen molar-refractivity contribution in [2.45, 2.75) is 39.4 Å². The van der Waals surface area contributed by atoms with Gasteiger partial charge < -0.3 is 15.2 Å². The lowest BCUT2D eigenvalue weighted by atomic mass is 10.1. The number of rotatable bonds is 6. The Hall–Kier alpha value is -2.08. The number of aliphatic hydroxyl groups is 1. The van der Waals surface area contributed by atoms with Crippen LogP contribution < -0.4 is 15.4 Å². The fourth-order valence-corrected chi connectivity index (χ4v) is 1.68. The first-order valence-corrected chi connectivity index (χ1v) is 7.01. The number of hydrogen-bond donors (Lipinski definition) is 3. The van der Waals surface area contributed by atoms with E-state index in [1.165, 1.54) is 0 Å². The molecule has 0 aliphatic carbocycles. The van der Waals surface area contributed by atoms with E-state index in [-0.39, 0.29) is 0 Å². The Labute approximate surface area is 124 Å². The van der Waals surface area contributed by atoms with E-state index in [1.807, 2.05) is 6.92 Å². The molecule has 2 atom stereocenters.